The average molecular weight is 569 g/mol. The van der Waals surface area contributed by atoms with Gasteiger partial charge in [0, 0.05) is 32.7 Å². The zero-order chi connectivity index (χ0) is 28.3. The van der Waals surface area contributed by atoms with E-state index in [1.54, 1.807) is 11.3 Å². The zero-order valence-electron chi connectivity index (χ0n) is 23.1. The maximum atomic E-state index is 5.27. The lowest BCUT2D eigenvalue weighted by atomic mass is 10.1. The summed E-state index contributed by atoms with van der Waals surface area (Å²) in [5.74, 6) is 0.655. The van der Waals surface area contributed by atoms with Crippen molar-refractivity contribution in [1.29, 1.82) is 0 Å². The monoisotopic (exact) mass is 568 g/mol. The minimum Gasteiger partial charge on any atom is -0.298 e. The van der Waals surface area contributed by atoms with Gasteiger partial charge < -0.3 is 0 Å². The Bertz CT molecular complexity index is 2380. The highest BCUT2D eigenvalue weighted by atomic mass is 32.1. The first-order valence-corrected chi connectivity index (χ1v) is 15.2. The van der Waals surface area contributed by atoms with Gasteiger partial charge in [0.1, 0.15) is 5.00 Å². The molecule has 0 radical (unpaired) electrons. The van der Waals surface area contributed by atoms with Crippen molar-refractivity contribution in [2.24, 2.45) is 0 Å². The first-order chi connectivity index (χ1) is 21.3. The van der Waals surface area contributed by atoms with Gasteiger partial charge in [-0.25, -0.2) is 9.97 Å². The Labute approximate surface area is 251 Å². The molecule has 9 rings (SSSR count). The van der Waals surface area contributed by atoms with Gasteiger partial charge in [0.2, 0.25) is 5.95 Å². The summed E-state index contributed by atoms with van der Waals surface area (Å²) >= 11 is 1.75. The molecular weight excluding hydrogens is 545 g/mol. The smallest absolute Gasteiger partial charge is 0.235 e. The van der Waals surface area contributed by atoms with E-state index in [9.17, 15) is 0 Å². The maximum absolute atomic E-state index is 5.27. The predicted molar refractivity (Wildman–Crippen MR) is 179 cm³/mol. The summed E-state index contributed by atoms with van der Waals surface area (Å²) in [6.07, 6.45) is 0. The van der Waals surface area contributed by atoms with Crippen molar-refractivity contribution in [2.45, 2.75) is 0 Å². The lowest BCUT2D eigenvalue weighted by molar-refractivity contribution is 0.995. The van der Waals surface area contributed by atoms with E-state index in [1.165, 1.54) is 32.1 Å². The summed E-state index contributed by atoms with van der Waals surface area (Å²) in [5, 5.41) is 8.12. The van der Waals surface area contributed by atoms with Crippen LogP contribution in [0.15, 0.2) is 145 Å². The number of thiophene rings is 1. The van der Waals surface area contributed by atoms with Crippen molar-refractivity contribution in [3.05, 3.63) is 145 Å². The predicted octanol–water partition coefficient (Wildman–Crippen LogP) is 10.1. The van der Waals surface area contributed by atoms with Crippen LogP contribution < -0.4 is 0 Å². The van der Waals surface area contributed by atoms with E-state index in [2.05, 4.69) is 142 Å². The number of fused-ring (bicyclic) bond motifs is 7. The molecule has 0 saturated carbocycles. The third-order valence-electron chi connectivity index (χ3n) is 8.25. The molecule has 4 nitrogen and oxygen atoms in total. The fourth-order valence-electron chi connectivity index (χ4n) is 6.38. The Balaban J connectivity index is 1.48. The lowest BCUT2D eigenvalue weighted by Crippen LogP contribution is -2.05. The minimum atomic E-state index is 0.655. The molecule has 5 aromatic carbocycles. The van der Waals surface area contributed by atoms with Gasteiger partial charge in [-0.3, -0.25) is 9.13 Å². The first-order valence-electron chi connectivity index (χ1n) is 14.3. The standard InChI is InChI=1S/C38H24N4S/c1-3-12-25(13-4-1)31-24-32(26-14-5-2-6-15-26)40-38(39-31)42-34-19-10-8-17-28(34)30-22-21-29-27-16-7-9-18-33(27)41(36(29)37(30)42)35-20-11-23-43-35/h1-24H. The molecule has 4 heterocycles. The molecule has 0 aliphatic heterocycles. The Morgan fingerprint density at radius 1 is 0.442 bits per heavy atom. The van der Waals surface area contributed by atoms with Crippen LogP contribution in [-0.2, 0) is 0 Å². The Morgan fingerprint density at radius 3 is 1.51 bits per heavy atom. The molecule has 4 aromatic heterocycles. The summed E-state index contributed by atoms with van der Waals surface area (Å²) in [4.78, 5) is 10.5. The van der Waals surface area contributed by atoms with Crippen molar-refractivity contribution in [3.63, 3.8) is 0 Å². The molecule has 0 amide bonds. The van der Waals surface area contributed by atoms with Crippen LogP contribution in [0.1, 0.15) is 0 Å². The summed E-state index contributed by atoms with van der Waals surface area (Å²) in [6.45, 7) is 0. The molecular formula is C38H24N4S. The molecule has 0 saturated heterocycles. The highest BCUT2D eigenvalue weighted by Crippen LogP contribution is 2.42. The number of benzene rings is 5. The van der Waals surface area contributed by atoms with Crippen LogP contribution in [0.25, 0.3) is 77.1 Å². The Hall–Kier alpha value is -5.52. The van der Waals surface area contributed by atoms with Crippen LogP contribution in [-0.4, -0.2) is 19.1 Å². The third kappa shape index (κ3) is 3.69. The number of hydrogen-bond acceptors (Lipinski definition) is 3. The average Bonchev–Trinajstić information content (AvgIpc) is 3.80. The van der Waals surface area contributed by atoms with Gasteiger partial charge in [-0.2, -0.15) is 0 Å². The topological polar surface area (TPSA) is 35.6 Å². The van der Waals surface area contributed by atoms with Crippen LogP contribution >= 0.6 is 11.3 Å². The molecule has 5 heteroatoms. The quantitative estimate of drug-likeness (QED) is 0.212. The van der Waals surface area contributed by atoms with E-state index in [0.29, 0.717) is 5.95 Å². The van der Waals surface area contributed by atoms with E-state index < -0.39 is 0 Å². The normalized spacial score (nSPS) is 11.7. The van der Waals surface area contributed by atoms with Crippen LogP contribution in [0.2, 0.25) is 0 Å². The van der Waals surface area contributed by atoms with Crippen molar-refractivity contribution in [2.75, 3.05) is 0 Å². The molecule has 9 aromatic rings. The lowest BCUT2D eigenvalue weighted by Gasteiger charge is -2.13. The summed E-state index contributed by atoms with van der Waals surface area (Å²) in [6, 6.07) is 49.0. The van der Waals surface area contributed by atoms with Crippen molar-refractivity contribution in [1.82, 2.24) is 19.1 Å². The van der Waals surface area contributed by atoms with Gasteiger partial charge in [0.05, 0.1) is 33.5 Å². The molecule has 0 spiro atoms. The molecule has 0 unspecified atom stereocenters. The highest BCUT2D eigenvalue weighted by molar-refractivity contribution is 7.12. The molecule has 0 atom stereocenters. The highest BCUT2D eigenvalue weighted by Gasteiger charge is 2.23. The van der Waals surface area contributed by atoms with Gasteiger partial charge in [-0.15, -0.1) is 11.3 Å². The summed E-state index contributed by atoms with van der Waals surface area (Å²) in [5.41, 5.74) is 8.43. The van der Waals surface area contributed by atoms with Crippen LogP contribution in [0.3, 0.4) is 0 Å². The van der Waals surface area contributed by atoms with E-state index in [1.807, 2.05) is 12.1 Å². The van der Waals surface area contributed by atoms with Crippen LogP contribution in [0, 0.1) is 0 Å². The van der Waals surface area contributed by atoms with Crippen LogP contribution in [0.4, 0.5) is 0 Å². The Kier molecular flexibility index (Phi) is 5.33. The fraction of sp³-hybridized carbons (Fsp3) is 0. The molecule has 202 valence electrons. The van der Waals surface area contributed by atoms with Crippen LogP contribution in [0.5, 0.6) is 0 Å². The molecule has 0 fully saturated rings. The summed E-state index contributed by atoms with van der Waals surface area (Å²) < 4.78 is 4.68. The second-order valence-electron chi connectivity index (χ2n) is 10.7. The Morgan fingerprint density at radius 2 is 0.953 bits per heavy atom. The van der Waals surface area contributed by atoms with E-state index >= 15 is 0 Å². The van der Waals surface area contributed by atoms with Crippen molar-refractivity contribution >= 4 is 54.9 Å². The van der Waals surface area contributed by atoms with Crippen molar-refractivity contribution < 1.29 is 0 Å². The van der Waals surface area contributed by atoms with Crippen molar-refractivity contribution in [3.8, 4) is 33.5 Å². The molecule has 0 aliphatic carbocycles. The number of rotatable bonds is 4. The fourth-order valence-corrected chi connectivity index (χ4v) is 7.13. The third-order valence-corrected chi connectivity index (χ3v) is 9.10. The van der Waals surface area contributed by atoms with Gasteiger partial charge in [0.25, 0.3) is 0 Å². The van der Waals surface area contributed by atoms with E-state index in [-0.39, 0.29) is 0 Å². The molecule has 0 N–H and O–H groups in total. The second kappa shape index (κ2) is 9.51. The molecule has 43 heavy (non-hydrogen) atoms. The number of aromatic nitrogens is 4. The SMILES string of the molecule is c1ccc(-c2cc(-c3ccccc3)nc(-n3c4ccccc4c4ccc5c6ccccc6n(-c6cccs6)c5c43)n2)cc1. The van der Waals surface area contributed by atoms with Gasteiger partial charge in [0.15, 0.2) is 0 Å². The van der Waals surface area contributed by atoms with Gasteiger partial charge >= 0.3 is 0 Å². The number of para-hydroxylation sites is 2. The zero-order valence-corrected chi connectivity index (χ0v) is 23.9. The largest absolute Gasteiger partial charge is 0.298 e. The molecule has 0 bridgehead atoms. The second-order valence-corrected chi connectivity index (χ2v) is 11.6. The number of hydrogen-bond donors (Lipinski definition) is 0. The first kappa shape index (κ1) is 24.1. The maximum Gasteiger partial charge on any atom is 0.235 e. The van der Waals surface area contributed by atoms with Gasteiger partial charge in [-0.1, -0.05) is 109 Å². The minimum absolute atomic E-state index is 0.655. The van der Waals surface area contributed by atoms with Gasteiger partial charge in [-0.05, 0) is 35.7 Å². The summed E-state index contributed by atoms with van der Waals surface area (Å²) in [7, 11) is 0. The van der Waals surface area contributed by atoms with E-state index in [0.717, 1.165) is 39.1 Å². The van der Waals surface area contributed by atoms with E-state index in [4.69, 9.17) is 9.97 Å². The number of nitrogens with zero attached hydrogens (tertiary/aromatic N) is 4. The molecule has 0 aliphatic rings.